The van der Waals surface area contributed by atoms with Crippen LogP contribution in [0.1, 0.15) is 117 Å². The summed E-state index contributed by atoms with van der Waals surface area (Å²) >= 11 is 0. The number of hydrogen-bond acceptors (Lipinski definition) is 18. The summed E-state index contributed by atoms with van der Waals surface area (Å²) in [6.45, 7) is 6.83. The fourth-order valence-corrected chi connectivity index (χ4v) is 8.85. The second kappa shape index (κ2) is 38.8. The second-order valence-corrected chi connectivity index (χ2v) is 21.1. The molecule has 23 N–H and O–H groups in total. The van der Waals surface area contributed by atoms with Crippen molar-refractivity contribution in [3.63, 3.8) is 0 Å². The highest BCUT2D eigenvalue weighted by atomic mass is 16.3. The highest BCUT2D eigenvalue weighted by Gasteiger charge is 2.37. The van der Waals surface area contributed by atoms with E-state index in [9.17, 15) is 63.0 Å². The summed E-state index contributed by atoms with van der Waals surface area (Å²) in [5.41, 5.74) is 29.9. The quantitative estimate of drug-likeness (QED) is 0.0348. The first-order chi connectivity index (χ1) is 39.4. The van der Waals surface area contributed by atoms with E-state index in [-0.39, 0.29) is 90.0 Å². The number of aliphatic hydroxyl groups is 2. The lowest BCUT2D eigenvalue weighted by molar-refractivity contribution is -0.137. The van der Waals surface area contributed by atoms with Gasteiger partial charge in [0.05, 0.1) is 12.2 Å². The van der Waals surface area contributed by atoms with Crippen LogP contribution in [-0.2, 0) is 59.2 Å². The summed E-state index contributed by atoms with van der Waals surface area (Å²) in [6.07, 6.45) is -1.10. The third kappa shape index (κ3) is 26.1. The SMILES string of the molecule is CCCCCCC(=O)N[C@@H](CCN)C(=O)N[C@H](C(=O)N[C@@H](CCN)C(=O)NC1CCNC(=O)C([C@@H](C)O)NC(=O)[C@H](CCN)NC(=O)[C@H](CCN)NC(=O)[C@H](CC(C)C)NC(=O)[C@@H](Cc2ccccc2)NC(=O)C(CCN)NC1=O)[C@@H](C)O. The van der Waals surface area contributed by atoms with Gasteiger partial charge in [0, 0.05) is 19.4 Å². The van der Waals surface area contributed by atoms with E-state index >= 15 is 0 Å². The number of amides is 11. The summed E-state index contributed by atoms with van der Waals surface area (Å²) in [6, 6.07) is -6.22. The van der Waals surface area contributed by atoms with Crippen molar-refractivity contribution in [3.8, 4) is 0 Å². The van der Waals surface area contributed by atoms with E-state index < -0.39 is 151 Å². The molecule has 0 aliphatic carbocycles. The first-order valence-electron chi connectivity index (χ1n) is 28.7. The van der Waals surface area contributed by atoms with Gasteiger partial charge in [-0.3, -0.25) is 52.7 Å². The molecular formula is C54H94N16O13. The molecule has 0 radical (unpaired) electrons. The van der Waals surface area contributed by atoms with Crippen molar-refractivity contribution in [1.82, 2.24) is 58.5 Å². The highest BCUT2D eigenvalue weighted by molar-refractivity contribution is 5.99. The molecule has 0 aromatic heterocycles. The number of carbonyl (C=O) groups is 11. The lowest BCUT2D eigenvalue weighted by atomic mass is 10.00. The molecule has 1 saturated heterocycles. The predicted octanol–water partition coefficient (Wildman–Crippen LogP) is -5.88. The number of aliphatic hydroxyl groups excluding tert-OH is 2. The maximum absolute atomic E-state index is 14.5. The molecular weight excluding hydrogens is 1080 g/mol. The maximum Gasteiger partial charge on any atom is 0.245 e. The molecule has 2 rings (SSSR count). The Bertz CT molecular complexity index is 2260. The van der Waals surface area contributed by atoms with E-state index in [4.69, 9.17) is 28.7 Å². The minimum absolute atomic E-state index is 0.0152. The molecule has 468 valence electrons. The number of hydrogen-bond donors (Lipinski definition) is 18. The van der Waals surface area contributed by atoms with E-state index in [1.807, 2.05) is 6.92 Å². The van der Waals surface area contributed by atoms with Crippen LogP contribution in [0.25, 0.3) is 0 Å². The summed E-state index contributed by atoms with van der Waals surface area (Å²) in [5.74, 6) is -9.95. The van der Waals surface area contributed by atoms with Gasteiger partial charge in [0.25, 0.3) is 0 Å². The van der Waals surface area contributed by atoms with Crippen molar-refractivity contribution in [2.45, 2.75) is 191 Å². The number of nitrogens with one attached hydrogen (secondary N) is 11. The molecule has 1 aliphatic rings. The number of carbonyl (C=O) groups excluding carboxylic acids is 11. The molecule has 3 unspecified atom stereocenters. The normalized spacial score (nSPS) is 22.8. The molecule has 11 amide bonds. The monoisotopic (exact) mass is 1170 g/mol. The van der Waals surface area contributed by atoms with E-state index in [2.05, 4.69) is 58.5 Å². The first kappa shape index (κ1) is 72.2. The molecule has 83 heavy (non-hydrogen) atoms. The minimum atomic E-state index is -1.70. The summed E-state index contributed by atoms with van der Waals surface area (Å²) in [7, 11) is 0. The van der Waals surface area contributed by atoms with E-state index in [1.165, 1.54) is 13.8 Å². The molecule has 0 saturated carbocycles. The zero-order valence-corrected chi connectivity index (χ0v) is 48.6. The molecule has 29 nitrogen and oxygen atoms in total. The Hall–Kier alpha value is -6.89. The summed E-state index contributed by atoms with van der Waals surface area (Å²) in [4.78, 5) is 153. The standard InChI is InChI=1S/C54H94N16O13/c1-6-7-8-12-15-42(73)61-34(16-22-55)49(78)70-44(32(5)72)54(83)66-37(19-25-58)46(75)65-39-21-27-60-53(82)43(31(4)71)69-50(79)38(20-26-59)63-45(74)35(17-23-56)64-51(80)40(28-30(2)3)67-52(81)41(29-33-13-10-9-11-14-33)68-47(76)36(18-24-57)62-48(39)77/h9-11,13-14,30-32,34-41,43-44,71-72H,6-8,12,15-29,55-59H2,1-5H3,(H,60,82)(H,61,73)(H,62,77)(H,63,74)(H,64,80)(H,65,75)(H,66,83)(H,67,81)(H,68,76)(H,69,79)(H,70,78)/t31-,32-,34+,35+,36?,37+,38+,39?,40+,41-,43?,44+/m1/s1. The van der Waals surface area contributed by atoms with Gasteiger partial charge in [0.1, 0.15) is 60.4 Å². The van der Waals surface area contributed by atoms with Crippen LogP contribution in [0.2, 0.25) is 0 Å². The number of rotatable bonds is 28. The predicted molar refractivity (Wildman–Crippen MR) is 307 cm³/mol. The first-order valence-corrected chi connectivity index (χ1v) is 28.7. The van der Waals surface area contributed by atoms with Crippen LogP contribution in [0.15, 0.2) is 30.3 Å². The van der Waals surface area contributed by atoms with Crippen molar-refractivity contribution in [2.75, 3.05) is 39.3 Å². The summed E-state index contributed by atoms with van der Waals surface area (Å²) < 4.78 is 0. The van der Waals surface area contributed by atoms with Gasteiger partial charge in [-0.2, -0.15) is 0 Å². The van der Waals surface area contributed by atoms with Gasteiger partial charge in [-0.05, 0) is 109 Å². The van der Waals surface area contributed by atoms with Crippen LogP contribution in [0, 0.1) is 5.92 Å². The van der Waals surface area contributed by atoms with Crippen LogP contribution < -0.4 is 87.2 Å². The topological polar surface area (TPSA) is 491 Å². The van der Waals surface area contributed by atoms with E-state index in [0.29, 0.717) is 12.0 Å². The Kier molecular flexibility index (Phi) is 33.8. The van der Waals surface area contributed by atoms with E-state index in [1.54, 1.807) is 44.2 Å². The number of nitrogens with two attached hydrogens (primary N) is 5. The van der Waals surface area contributed by atoms with Crippen LogP contribution >= 0.6 is 0 Å². The molecule has 1 aromatic rings. The third-order valence-corrected chi connectivity index (χ3v) is 13.5. The second-order valence-electron chi connectivity index (χ2n) is 21.1. The van der Waals surface area contributed by atoms with Gasteiger partial charge in [-0.25, -0.2) is 0 Å². The summed E-state index contributed by atoms with van der Waals surface area (Å²) in [5, 5.41) is 49.5. The maximum atomic E-state index is 14.5. The van der Waals surface area contributed by atoms with Gasteiger partial charge >= 0.3 is 0 Å². The molecule has 1 aromatic carbocycles. The van der Waals surface area contributed by atoms with Crippen molar-refractivity contribution in [3.05, 3.63) is 35.9 Å². The molecule has 0 spiro atoms. The van der Waals surface area contributed by atoms with Crippen molar-refractivity contribution in [1.29, 1.82) is 0 Å². The Morgan fingerprint density at radius 1 is 0.566 bits per heavy atom. The number of unbranched alkanes of at least 4 members (excludes halogenated alkanes) is 3. The highest BCUT2D eigenvalue weighted by Crippen LogP contribution is 2.12. The van der Waals surface area contributed by atoms with Crippen LogP contribution in [-0.4, -0.2) is 187 Å². The largest absolute Gasteiger partial charge is 0.391 e. The minimum Gasteiger partial charge on any atom is -0.391 e. The fourth-order valence-electron chi connectivity index (χ4n) is 8.85. The smallest absolute Gasteiger partial charge is 0.245 e. The lowest BCUT2D eigenvalue weighted by Gasteiger charge is -2.29. The zero-order chi connectivity index (χ0) is 62.2. The van der Waals surface area contributed by atoms with Crippen LogP contribution in [0.5, 0.6) is 0 Å². The Morgan fingerprint density at radius 3 is 1.57 bits per heavy atom. The molecule has 1 heterocycles. The van der Waals surface area contributed by atoms with Gasteiger partial charge in [-0.15, -0.1) is 0 Å². The van der Waals surface area contributed by atoms with Gasteiger partial charge in [0.2, 0.25) is 65.0 Å². The van der Waals surface area contributed by atoms with Crippen molar-refractivity contribution in [2.24, 2.45) is 34.6 Å². The number of benzene rings is 1. The molecule has 1 aliphatic heterocycles. The lowest BCUT2D eigenvalue weighted by Crippen LogP contribution is -2.62. The zero-order valence-electron chi connectivity index (χ0n) is 48.6. The molecule has 12 atom stereocenters. The van der Waals surface area contributed by atoms with E-state index in [0.717, 1.165) is 19.3 Å². The Labute approximate surface area is 485 Å². The Morgan fingerprint density at radius 2 is 1.06 bits per heavy atom. The molecule has 0 bridgehead atoms. The van der Waals surface area contributed by atoms with Gasteiger partial charge in [-0.1, -0.05) is 70.4 Å². The molecule has 1 fully saturated rings. The van der Waals surface area contributed by atoms with Crippen LogP contribution in [0.4, 0.5) is 0 Å². The fraction of sp³-hybridized carbons (Fsp3) is 0.685. The molecule has 29 heteroatoms. The third-order valence-electron chi connectivity index (χ3n) is 13.5. The van der Waals surface area contributed by atoms with Gasteiger partial charge in [0.15, 0.2) is 0 Å². The Balaban J connectivity index is 2.70. The average molecular weight is 1180 g/mol. The van der Waals surface area contributed by atoms with Crippen molar-refractivity contribution < 1.29 is 63.0 Å². The average Bonchev–Trinajstić information content (AvgIpc) is 3.48. The van der Waals surface area contributed by atoms with Gasteiger partial charge < -0.3 is 97.4 Å². The van der Waals surface area contributed by atoms with Crippen molar-refractivity contribution >= 4 is 65.0 Å². The van der Waals surface area contributed by atoms with Crippen LogP contribution in [0.3, 0.4) is 0 Å².